The summed E-state index contributed by atoms with van der Waals surface area (Å²) in [6, 6.07) is 5.85. The van der Waals surface area contributed by atoms with Crippen LogP contribution in [0.25, 0.3) is 17.3 Å². The Morgan fingerprint density at radius 1 is 1.16 bits per heavy atom. The lowest BCUT2D eigenvalue weighted by Crippen LogP contribution is -2.27. The Hall–Kier alpha value is -2.32. The summed E-state index contributed by atoms with van der Waals surface area (Å²) in [6.07, 6.45) is 5.55. The van der Waals surface area contributed by atoms with Crippen molar-refractivity contribution in [2.24, 2.45) is 5.92 Å². The predicted octanol–water partition coefficient (Wildman–Crippen LogP) is 4.61. The summed E-state index contributed by atoms with van der Waals surface area (Å²) in [7, 11) is -2.17. The number of halogens is 1. The fourth-order valence-electron chi connectivity index (χ4n) is 3.06. The van der Waals surface area contributed by atoms with Gasteiger partial charge in [-0.05, 0) is 42.5 Å². The van der Waals surface area contributed by atoms with Crippen molar-refractivity contribution in [2.45, 2.75) is 52.6 Å². The molecule has 0 saturated carbocycles. The molecule has 1 aromatic carbocycles. The smallest absolute Gasteiger partial charge is 0.239 e. The lowest BCUT2D eigenvalue weighted by atomic mass is 9.96. The fraction of sp³-hybridized carbons (Fsp3) is 0.478. The molecule has 2 atom stereocenters. The van der Waals surface area contributed by atoms with E-state index in [-0.39, 0.29) is 17.7 Å². The van der Waals surface area contributed by atoms with E-state index < -0.39 is 16.1 Å². The molecule has 0 aliphatic rings. The van der Waals surface area contributed by atoms with Crippen molar-refractivity contribution >= 4 is 22.0 Å². The molecule has 0 aliphatic heterocycles. The van der Waals surface area contributed by atoms with Crippen LogP contribution in [0.1, 0.15) is 57.7 Å². The molecular formula is C23H32FN3O3S. The molecule has 0 aliphatic carbocycles. The van der Waals surface area contributed by atoms with Crippen molar-refractivity contribution in [3.8, 4) is 11.3 Å². The summed E-state index contributed by atoms with van der Waals surface area (Å²) < 4.78 is 38.7. The first-order valence-electron chi connectivity index (χ1n) is 10.4. The molecule has 2 rings (SSSR count). The Kier molecular flexibility index (Phi) is 8.31. The molecule has 0 amide bonds. The highest BCUT2D eigenvalue weighted by atomic mass is 32.2. The van der Waals surface area contributed by atoms with Crippen LogP contribution in [0.2, 0.25) is 0 Å². The van der Waals surface area contributed by atoms with Crippen molar-refractivity contribution in [2.75, 3.05) is 17.6 Å². The van der Waals surface area contributed by atoms with Crippen LogP contribution in [0.3, 0.4) is 0 Å². The first-order chi connectivity index (χ1) is 14.4. The molecule has 0 bridgehead atoms. The summed E-state index contributed by atoms with van der Waals surface area (Å²) in [6.45, 7) is 8.07. The van der Waals surface area contributed by atoms with Gasteiger partial charge in [-0.2, -0.15) is 0 Å². The SMILES string of the molecule is CC[C@H](C)C[C@H](O)/C=C/c1c(-c2ccc(F)cc2)nc(N(C)S(C)(=O)=O)nc1C(C)C. The van der Waals surface area contributed by atoms with Crippen LogP contribution in [-0.4, -0.2) is 42.9 Å². The highest BCUT2D eigenvalue weighted by Gasteiger charge is 2.22. The average molecular weight is 450 g/mol. The van der Waals surface area contributed by atoms with Gasteiger partial charge in [-0.1, -0.05) is 46.3 Å². The molecule has 0 saturated heterocycles. The number of aromatic nitrogens is 2. The second-order valence-corrected chi connectivity index (χ2v) is 10.3. The number of sulfonamides is 1. The maximum absolute atomic E-state index is 13.5. The van der Waals surface area contributed by atoms with Gasteiger partial charge in [0.2, 0.25) is 16.0 Å². The zero-order chi connectivity index (χ0) is 23.3. The molecule has 1 N–H and O–H groups in total. The van der Waals surface area contributed by atoms with Gasteiger partial charge in [-0.15, -0.1) is 0 Å². The van der Waals surface area contributed by atoms with Crippen molar-refractivity contribution in [1.82, 2.24) is 9.97 Å². The minimum absolute atomic E-state index is 0.0414. The molecule has 1 heterocycles. The van der Waals surface area contributed by atoms with Gasteiger partial charge in [0.15, 0.2) is 0 Å². The van der Waals surface area contributed by atoms with Crippen molar-refractivity contribution in [3.63, 3.8) is 0 Å². The Labute approximate surface area is 184 Å². The summed E-state index contributed by atoms with van der Waals surface area (Å²) in [4.78, 5) is 9.04. The van der Waals surface area contributed by atoms with Crippen LogP contribution >= 0.6 is 0 Å². The minimum atomic E-state index is -3.57. The van der Waals surface area contributed by atoms with E-state index in [9.17, 15) is 17.9 Å². The van der Waals surface area contributed by atoms with Crippen LogP contribution in [0.15, 0.2) is 30.3 Å². The number of aliphatic hydroxyl groups is 1. The van der Waals surface area contributed by atoms with Gasteiger partial charge in [0.1, 0.15) is 5.82 Å². The lowest BCUT2D eigenvalue weighted by Gasteiger charge is -2.20. The molecule has 0 unspecified atom stereocenters. The van der Waals surface area contributed by atoms with Gasteiger partial charge in [0.25, 0.3) is 0 Å². The van der Waals surface area contributed by atoms with Gasteiger partial charge >= 0.3 is 0 Å². The first-order valence-corrected chi connectivity index (χ1v) is 12.3. The molecule has 6 nitrogen and oxygen atoms in total. The van der Waals surface area contributed by atoms with E-state index in [1.54, 1.807) is 24.3 Å². The molecule has 8 heteroatoms. The zero-order valence-corrected chi connectivity index (χ0v) is 19.8. The first kappa shape index (κ1) is 24.9. The Morgan fingerprint density at radius 2 is 1.77 bits per heavy atom. The van der Waals surface area contributed by atoms with E-state index in [0.717, 1.165) is 17.0 Å². The standard InChI is InChI=1S/C23H32FN3O3S/c1-7-16(4)14-19(28)12-13-20-21(15(2)3)25-23(27(5)31(6,29)30)26-22(20)17-8-10-18(24)11-9-17/h8-13,15-16,19,28H,7,14H2,1-6H3/b13-12+/t16-,19+/m0/s1. The van der Waals surface area contributed by atoms with Gasteiger partial charge < -0.3 is 5.11 Å². The number of rotatable bonds is 9. The third-order valence-corrected chi connectivity index (χ3v) is 6.39. The highest BCUT2D eigenvalue weighted by Crippen LogP contribution is 2.31. The molecule has 170 valence electrons. The van der Waals surface area contributed by atoms with E-state index in [0.29, 0.717) is 34.9 Å². The highest BCUT2D eigenvalue weighted by molar-refractivity contribution is 7.92. The van der Waals surface area contributed by atoms with Crippen LogP contribution in [0.4, 0.5) is 10.3 Å². The fourth-order valence-corrected chi connectivity index (χ4v) is 3.44. The maximum atomic E-state index is 13.5. The minimum Gasteiger partial charge on any atom is -0.389 e. The second kappa shape index (κ2) is 10.3. The second-order valence-electron chi connectivity index (χ2n) is 8.24. The monoisotopic (exact) mass is 449 g/mol. The van der Waals surface area contributed by atoms with E-state index >= 15 is 0 Å². The summed E-state index contributed by atoms with van der Waals surface area (Å²) in [5, 5.41) is 10.4. The van der Waals surface area contributed by atoms with Crippen LogP contribution in [0.5, 0.6) is 0 Å². The predicted molar refractivity (Wildman–Crippen MR) is 124 cm³/mol. The number of benzene rings is 1. The number of anilines is 1. The summed E-state index contributed by atoms with van der Waals surface area (Å²) >= 11 is 0. The summed E-state index contributed by atoms with van der Waals surface area (Å²) in [5.74, 6) is 0.00218. The third kappa shape index (κ3) is 6.58. The topological polar surface area (TPSA) is 83.4 Å². The van der Waals surface area contributed by atoms with Gasteiger partial charge in [0.05, 0.1) is 23.7 Å². The van der Waals surface area contributed by atoms with Crippen LogP contribution in [0, 0.1) is 11.7 Å². The third-order valence-electron chi connectivity index (χ3n) is 5.23. The number of aliphatic hydroxyl groups excluding tert-OH is 1. The van der Waals surface area contributed by atoms with Gasteiger partial charge in [-0.25, -0.2) is 27.1 Å². The molecule has 0 fully saturated rings. The van der Waals surface area contributed by atoms with Gasteiger partial charge in [0, 0.05) is 18.2 Å². The van der Waals surface area contributed by atoms with E-state index in [1.165, 1.54) is 19.2 Å². The number of hydrogen-bond donors (Lipinski definition) is 1. The van der Waals surface area contributed by atoms with E-state index in [4.69, 9.17) is 0 Å². The zero-order valence-electron chi connectivity index (χ0n) is 19.0. The average Bonchev–Trinajstić information content (AvgIpc) is 2.70. The van der Waals surface area contributed by atoms with E-state index in [1.807, 2.05) is 13.8 Å². The molecule has 0 radical (unpaired) electrons. The molecular weight excluding hydrogens is 417 g/mol. The molecule has 1 aromatic heterocycles. The summed E-state index contributed by atoms with van der Waals surface area (Å²) in [5.41, 5.74) is 2.43. The Balaban J connectivity index is 2.69. The van der Waals surface area contributed by atoms with Crippen LogP contribution < -0.4 is 4.31 Å². The number of nitrogens with zero attached hydrogens (tertiary/aromatic N) is 3. The van der Waals surface area contributed by atoms with E-state index in [2.05, 4.69) is 23.8 Å². The van der Waals surface area contributed by atoms with Crippen molar-refractivity contribution < 1.29 is 17.9 Å². The Bertz CT molecular complexity index is 1020. The Morgan fingerprint density at radius 3 is 2.29 bits per heavy atom. The molecule has 2 aromatic rings. The quantitative estimate of drug-likeness (QED) is 0.604. The largest absolute Gasteiger partial charge is 0.389 e. The van der Waals surface area contributed by atoms with Crippen LogP contribution in [-0.2, 0) is 10.0 Å². The van der Waals surface area contributed by atoms with Crippen molar-refractivity contribution in [1.29, 1.82) is 0 Å². The normalized spacial score (nSPS) is 14.2. The number of hydrogen-bond acceptors (Lipinski definition) is 5. The van der Waals surface area contributed by atoms with Gasteiger partial charge in [-0.3, -0.25) is 0 Å². The molecule has 0 spiro atoms. The molecule has 31 heavy (non-hydrogen) atoms. The maximum Gasteiger partial charge on any atom is 0.239 e. The lowest BCUT2D eigenvalue weighted by molar-refractivity contribution is 0.190. The van der Waals surface area contributed by atoms with Crippen molar-refractivity contribution in [3.05, 3.63) is 47.4 Å².